The first-order valence-corrected chi connectivity index (χ1v) is 13.7. The molecule has 1 fully saturated rings. The van der Waals surface area contributed by atoms with E-state index in [4.69, 9.17) is 11.6 Å². The number of nitrogens with zero attached hydrogens (tertiary/aromatic N) is 3. The van der Waals surface area contributed by atoms with E-state index >= 15 is 0 Å². The maximum Gasteiger partial charge on any atom is 0.242 e. The van der Waals surface area contributed by atoms with Gasteiger partial charge in [0.25, 0.3) is 0 Å². The summed E-state index contributed by atoms with van der Waals surface area (Å²) in [6.45, 7) is 6.81. The number of piperazine rings is 1. The summed E-state index contributed by atoms with van der Waals surface area (Å²) in [5, 5.41) is 0.740. The van der Waals surface area contributed by atoms with Gasteiger partial charge in [-0.15, -0.1) is 0 Å². The van der Waals surface area contributed by atoms with Gasteiger partial charge < -0.3 is 9.80 Å². The van der Waals surface area contributed by atoms with Crippen LogP contribution in [0.15, 0.2) is 45.8 Å². The van der Waals surface area contributed by atoms with Gasteiger partial charge in [-0.2, -0.15) is 0 Å². The van der Waals surface area contributed by atoms with E-state index in [-0.39, 0.29) is 10.8 Å². The standard InChI is InChI=1S/C23H28BrClN4O3S/c1-17(30)29-9-6-18-14-19(24)15-22(23(18)29)33(31,32)26-7-3-8-27-10-12-28(13-11-27)21-5-2-4-20(25)16-21/h2,4-5,14-16,26H,3,6-13H2,1H3. The molecule has 2 aliphatic rings. The van der Waals surface area contributed by atoms with Crippen molar-refractivity contribution in [3.05, 3.63) is 51.5 Å². The molecule has 0 aromatic heterocycles. The van der Waals surface area contributed by atoms with E-state index in [1.807, 2.05) is 24.3 Å². The highest BCUT2D eigenvalue weighted by Crippen LogP contribution is 2.37. The van der Waals surface area contributed by atoms with Gasteiger partial charge in [0, 0.05) is 61.4 Å². The summed E-state index contributed by atoms with van der Waals surface area (Å²) in [4.78, 5) is 18.4. The van der Waals surface area contributed by atoms with Crippen LogP contribution >= 0.6 is 27.5 Å². The van der Waals surface area contributed by atoms with E-state index in [0.717, 1.165) is 49.0 Å². The largest absolute Gasteiger partial charge is 0.369 e. The molecule has 0 aliphatic carbocycles. The third kappa shape index (κ3) is 5.71. The van der Waals surface area contributed by atoms with Crippen LogP contribution < -0.4 is 14.5 Å². The number of amides is 1. The van der Waals surface area contributed by atoms with Crippen LogP contribution in [0.1, 0.15) is 18.9 Å². The molecule has 1 saturated heterocycles. The van der Waals surface area contributed by atoms with Crippen LogP contribution in [0, 0.1) is 0 Å². The first kappa shape index (κ1) is 24.5. The molecule has 2 aliphatic heterocycles. The Morgan fingerprint density at radius 2 is 1.88 bits per heavy atom. The predicted octanol–water partition coefficient (Wildman–Crippen LogP) is 3.50. The predicted molar refractivity (Wildman–Crippen MR) is 136 cm³/mol. The molecule has 1 N–H and O–H groups in total. The van der Waals surface area contributed by atoms with Gasteiger partial charge in [-0.1, -0.05) is 33.6 Å². The zero-order valence-corrected chi connectivity index (χ0v) is 21.7. The van der Waals surface area contributed by atoms with Crippen LogP contribution in [-0.2, 0) is 21.2 Å². The lowest BCUT2D eigenvalue weighted by molar-refractivity contribution is -0.116. The van der Waals surface area contributed by atoms with Crippen molar-refractivity contribution in [3.8, 4) is 0 Å². The molecule has 0 unspecified atom stereocenters. The highest BCUT2D eigenvalue weighted by atomic mass is 79.9. The van der Waals surface area contributed by atoms with Gasteiger partial charge in [-0.25, -0.2) is 13.1 Å². The summed E-state index contributed by atoms with van der Waals surface area (Å²) in [5.74, 6) is -0.149. The molecule has 2 aromatic rings. The molecule has 10 heteroatoms. The molecule has 0 radical (unpaired) electrons. The summed E-state index contributed by atoms with van der Waals surface area (Å²) in [5.41, 5.74) is 2.52. The highest BCUT2D eigenvalue weighted by molar-refractivity contribution is 9.10. The second-order valence-electron chi connectivity index (χ2n) is 8.39. The van der Waals surface area contributed by atoms with E-state index in [9.17, 15) is 13.2 Å². The van der Waals surface area contributed by atoms with Gasteiger partial charge in [-0.05, 0) is 55.3 Å². The molecule has 2 heterocycles. The van der Waals surface area contributed by atoms with Gasteiger partial charge in [0.2, 0.25) is 15.9 Å². The summed E-state index contributed by atoms with van der Waals surface area (Å²) in [7, 11) is -3.74. The Morgan fingerprint density at radius 1 is 1.12 bits per heavy atom. The summed E-state index contributed by atoms with van der Waals surface area (Å²) >= 11 is 9.52. The Labute approximate surface area is 208 Å². The van der Waals surface area contributed by atoms with Gasteiger partial charge in [0.05, 0.1) is 5.69 Å². The first-order valence-electron chi connectivity index (χ1n) is 11.1. The number of carbonyl (C=O) groups is 1. The zero-order chi connectivity index (χ0) is 23.6. The first-order chi connectivity index (χ1) is 15.7. The minimum atomic E-state index is -3.74. The Hall–Kier alpha value is -1.65. The fourth-order valence-corrected chi connectivity index (χ4v) is 6.67. The van der Waals surface area contributed by atoms with Crippen molar-refractivity contribution in [2.75, 3.05) is 55.6 Å². The Bertz CT molecular complexity index is 1140. The minimum Gasteiger partial charge on any atom is -0.369 e. The maximum atomic E-state index is 13.1. The number of benzene rings is 2. The number of carbonyl (C=O) groups excluding carboxylic acids is 1. The van der Waals surface area contributed by atoms with Crippen LogP contribution in [0.3, 0.4) is 0 Å². The second-order valence-corrected chi connectivity index (χ2v) is 11.5. The number of anilines is 2. The van der Waals surface area contributed by atoms with Crippen LogP contribution in [0.5, 0.6) is 0 Å². The van der Waals surface area contributed by atoms with Crippen molar-refractivity contribution >= 4 is 54.8 Å². The molecule has 33 heavy (non-hydrogen) atoms. The van der Waals surface area contributed by atoms with Crippen molar-refractivity contribution in [2.24, 2.45) is 0 Å². The van der Waals surface area contributed by atoms with Crippen LogP contribution in [0.2, 0.25) is 5.02 Å². The summed E-state index contributed by atoms with van der Waals surface area (Å²) < 4.78 is 29.6. The smallest absolute Gasteiger partial charge is 0.242 e. The normalized spacial score (nSPS) is 16.8. The SMILES string of the molecule is CC(=O)N1CCc2cc(Br)cc(S(=O)(=O)NCCCN3CCN(c4cccc(Cl)c4)CC3)c21. The number of sulfonamides is 1. The molecule has 7 nitrogen and oxygen atoms in total. The average Bonchev–Trinajstić information content (AvgIpc) is 3.20. The van der Waals surface area contributed by atoms with Crippen molar-refractivity contribution in [2.45, 2.75) is 24.7 Å². The van der Waals surface area contributed by atoms with Gasteiger partial charge >= 0.3 is 0 Å². The fraction of sp³-hybridized carbons (Fsp3) is 0.435. The number of rotatable bonds is 7. The molecular weight excluding hydrogens is 528 g/mol. The van der Waals surface area contributed by atoms with Crippen molar-refractivity contribution in [1.82, 2.24) is 9.62 Å². The van der Waals surface area contributed by atoms with E-state index in [0.29, 0.717) is 36.1 Å². The Kier molecular flexibility index (Phi) is 7.65. The zero-order valence-electron chi connectivity index (χ0n) is 18.6. The van der Waals surface area contributed by atoms with Gasteiger partial charge in [0.1, 0.15) is 4.90 Å². The quantitative estimate of drug-likeness (QED) is 0.530. The number of hydrogen-bond acceptors (Lipinski definition) is 5. The molecular formula is C23H28BrClN4O3S. The number of halogens is 2. The van der Waals surface area contributed by atoms with Crippen LogP contribution in [-0.4, -0.2) is 65.0 Å². The number of nitrogens with one attached hydrogen (secondary N) is 1. The topological polar surface area (TPSA) is 73.0 Å². The third-order valence-corrected chi connectivity index (χ3v) is 8.32. The highest BCUT2D eigenvalue weighted by Gasteiger charge is 2.31. The second kappa shape index (κ2) is 10.3. The van der Waals surface area contributed by atoms with E-state index in [1.54, 1.807) is 11.0 Å². The lowest BCUT2D eigenvalue weighted by atomic mass is 10.2. The van der Waals surface area contributed by atoms with Crippen molar-refractivity contribution in [3.63, 3.8) is 0 Å². The lowest BCUT2D eigenvalue weighted by Gasteiger charge is -2.36. The van der Waals surface area contributed by atoms with Crippen molar-refractivity contribution < 1.29 is 13.2 Å². The number of hydrogen-bond donors (Lipinski definition) is 1. The summed E-state index contributed by atoms with van der Waals surface area (Å²) in [6.07, 6.45) is 1.36. The van der Waals surface area contributed by atoms with E-state index < -0.39 is 10.0 Å². The molecule has 2 aromatic carbocycles. The number of fused-ring (bicyclic) bond motifs is 1. The lowest BCUT2D eigenvalue weighted by Crippen LogP contribution is -2.47. The fourth-order valence-electron chi connectivity index (χ4n) is 4.48. The van der Waals surface area contributed by atoms with Gasteiger partial charge in [0.15, 0.2) is 0 Å². The third-order valence-electron chi connectivity index (χ3n) is 6.15. The van der Waals surface area contributed by atoms with Crippen LogP contribution in [0.25, 0.3) is 0 Å². The van der Waals surface area contributed by atoms with Crippen LogP contribution in [0.4, 0.5) is 11.4 Å². The Morgan fingerprint density at radius 3 is 2.58 bits per heavy atom. The summed E-state index contributed by atoms with van der Waals surface area (Å²) in [6, 6.07) is 11.4. The van der Waals surface area contributed by atoms with E-state index in [2.05, 4.69) is 36.5 Å². The van der Waals surface area contributed by atoms with Gasteiger partial charge in [-0.3, -0.25) is 9.69 Å². The molecule has 178 valence electrons. The van der Waals surface area contributed by atoms with E-state index in [1.165, 1.54) is 6.92 Å². The maximum absolute atomic E-state index is 13.1. The molecule has 0 bridgehead atoms. The molecule has 0 spiro atoms. The average molecular weight is 556 g/mol. The molecule has 4 rings (SSSR count). The molecule has 0 atom stereocenters. The molecule has 0 saturated carbocycles. The molecule has 1 amide bonds. The minimum absolute atomic E-state index is 0.149. The Balaban J connectivity index is 1.31. The monoisotopic (exact) mass is 554 g/mol. The van der Waals surface area contributed by atoms with Crippen molar-refractivity contribution in [1.29, 1.82) is 0 Å².